The summed E-state index contributed by atoms with van der Waals surface area (Å²) in [7, 11) is 3.87. The van der Waals surface area contributed by atoms with Crippen molar-refractivity contribution in [3.63, 3.8) is 0 Å². The number of nitrogens with one attached hydrogen (secondary N) is 1. The number of carbonyl (C=O) groups is 1. The molecule has 1 aromatic heterocycles. The van der Waals surface area contributed by atoms with Crippen molar-refractivity contribution in [2.45, 2.75) is 19.9 Å². The van der Waals surface area contributed by atoms with Gasteiger partial charge >= 0.3 is 0 Å². The highest BCUT2D eigenvalue weighted by Crippen LogP contribution is 2.08. The molecule has 2 rings (SSSR count). The zero-order valence-corrected chi connectivity index (χ0v) is 14.7. The van der Waals surface area contributed by atoms with Gasteiger partial charge in [0.15, 0.2) is 0 Å². The number of carbonyl (C=O) groups excluding carboxylic acids is 1. The molecule has 23 heavy (non-hydrogen) atoms. The monoisotopic (exact) mass is 319 g/mol. The Bertz CT molecular complexity index is 494. The molecule has 1 saturated heterocycles. The minimum absolute atomic E-state index is 0.0538. The lowest BCUT2D eigenvalue weighted by atomic mass is 10.2. The fraction of sp³-hybridized carbons (Fsp3) is 0.647. The van der Waals surface area contributed by atoms with Crippen molar-refractivity contribution in [3.05, 3.63) is 23.9 Å². The molecular weight excluding hydrogens is 290 g/mol. The molecule has 6 nitrogen and oxygen atoms in total. The van der Waals surface area contributed by atoms with E-state index in [1.165, 1.54) is 0 Å². The lowest BCUT2D eigenvalue weighted by Gasteiger charge is -2.37. The van der Waals surface area contributed by atoms with Gasteiger partial charge in [0.25, 0.3) is 5.91 Å². The summed E-state index contributed by atoms with van der Waals surface area (Å²) in [4.78, 5) is 23.3. The van der Waals surface area contributed by atoms with E-state index in [0.717, 1.165) is 38.5 Å². The fourth-order valence-electron chi connectivity index (χ4n) is 2.78. The van der Waals surface area contributed by atoms with Gasteiger partial charge in [-0.05, 0) is 25.6 Å². The second kappa shape index (κ2) is 8.26. The summed E-state index contributed by atoms with van der Waals surface area (Å²) < 4.78 is 0. The third-order valence-electron chi connectivity index (χ3n) is 4.50. The van der Waals surface area contributed by atoms with Crippen molar-refractivity contribution in [2.75, 3.05) is 58.3 Å². The highest BCUT2D eigenvalue weighted by molar-refractivity contribution is 5.94. The molecule has 1 unspecified atom stereocenters. The van der Waals surface area contributed by atoms with Crippen molar-refractivity contribution in [1.29, 1.82) is 0 Å². The molecule has 1 fully saturated rings. The molecule has 1 N–H and O–H groups in total. The molecule has 0 saturated carbocycles. The van der Waals surface area contributed by atoms with Crippen LogP contribution in [0.2, 0.25) is 0 Å². The Hall–Kier alpha value is -1.66. The number of amides is 1. The maximum atomic E-state index is 12.2. The zero-order valence-electron chi connectivity index (χ0n) is 14.7. The first kappa shape index (κ1) is 17.7. The lowest BCUT2D eigenvalue weighted by Crippen LogP contribution is -2.52. The van der Waals surface area contributed by atoms with Gasteiger partial charge in [-0.1, -0.05) is 6.92 Å². The van der Waals surface area contributed by atoms with Crippen LogP contribution in [0.15, 0.2) is 18.3 Å². The average Bonchev–Trinajstić information content (AvgIpc) is 2.59. The van der Waals surface area contributed by atoms with Crippen molar-refractivity contribution >= 4 is 11.7 Å². The summed E-state index contributed by atoms with van der Waals surface area (Å²) in [6, 6.07) is 4.04. The molecule has 0 aliphatic carbocycles. The second-order valence-corrected chi connectivity index (χ2v) is 6.33. The van der Waals surface area contributed by atoms with Crippen molar-refractivity contribution < 1.29 is 4.79 Å². The van der Waals surface area contributed by atoms with E-state index in [-0.39, 0.29) is 5.91 Å². The first-order valence-electron chi connectivity index (χ1n) is 8.39. The Kier molecular flexibility index (Phi) is 6.36. The number of piperazine rings is 1. The summed E-state index contributed by atoms with van der Waals surface area (Å²) in [6.45, 7) is 10.5. The third kappa shape index (κ3) is 4.91. The highest BCUT2D eigenvalue weighted by atomic mass is 16.1. The van der Waals surface area contributed by atoms with E-state index in [9.17, 15) is 4.79 Å². The Morgan fingerprint density at radius 1 is 1.30 bits per heavy atom. The number of hydrogen-bond donors (Lipinski definition) is 1. The first-order chi connectivity index (χ1) is 11.0. The number of aromatic nitrogens is 1. The van der Waals surface area contributed by atoms with Gasteiger partial charge in [-0.3, -0.25) is 9.69 Å². The smallest absolute Gasteiger partial charge is 0.252 e. The van der Waals surface area contributed by atoms with Crippen LogP contribution < -0.4 is 10.2 Å². The van der Waals surface area contributed by atoms with Gasteiger partial charge < -0.3 is 15.1 Å². The molecule has 2 heterocycles. The molecule has 0 radical (unpaired) electrons. The Morgan fingerprint density at radius 3 is 2.52 bits per heavy atom. The average molecular weight is 319 g/mol. The summed E-state index contributed by atoms with van der Waals surface area (Å²) >= 11 is 0. The van der Waals surface area contributed by atoms with Gasteiger partial charge in [0.05, 0.1) is 5.56 Å². The van der Waals surface area contributed by atoms with Crippen LogP contribution in [0, 0.1) is 0 Å². The molecule has 0 bridgehead atoms. The molecule has 0 spiro atoms. The molecule has 1 aliphatic heterocycles. The van der Waals surface area contributed by atoms with Crippen LogP contribution in [-0.2, 0) is 0 Å². The van der Waals surface area contributed by atoms with E-state index in [0.29, 0.717) is 18.2 Å². The maximum absolute atomic E-state index is 12.2. The van der Waals surface area contributed by atoms with Crippen LogP contribution >= 0.6 is 0 Å². The molecule has 1 atom stereocenters. The Balaban J connectivity index is 1.79. The van der Waals surface area contributed by atoms with E-state index in [1.807, 2.05) is 31.1 Å². The molecule has 1 aliphatic rings. The van der Waals surface area contributed by atoms with Gasteiger partial charge in [-0.25, -0.2) is 4.98 Å². The lowest BCUT2D eigenvalue weighted by molar-refractivity contribution is 0.0882. The van der Waals surface area contributed by atoms with Crippen molar-refractivity contribution in [3.8, 4) is 0 Å². The number of rotatable bonds is 6. The minimum atomic E-state index is -0.0538. The topological polar surface area (TPSA) is 51.7 Å². The predicted octanol–water partition coefficient (Wildman–Crippen LogP) is 0.903. The standard InChI is InChI=1S/C17H29N5O/c1-5-21-8-10-22(11-9-21)14(2)12-19-17(23)15-6-7-16(18-13-15)20(3)4/h6-7,13-14H,5,8-12H2,1-4H3,(H,19,23). The quantitative estimate of drug-likeness (QED) is 0.844. The highest BCUT2D eigenvalue weighted by Gasteiger charge is 2.20. The summed E-state index contributed by atoms with van der Waals surface area (Å²) in [5.41, 5.74) is 0.610. The Labute approximate surface area is 139 Å². The van der Waals surface area contributed by atoms with Gasteiger partial charge in [0.1, 0.15) is 5.82 Å². The molecule has 0 aromatic carbocycles. The van der Waals surface area contributed by atoms with E-state index in [1.54, 1.807) is 6.20 Å². The summed E-state index contributed by atoms with van der Waals surface area (Å²) in [5.74, 6) is 0.797. The van der Waals surface area contributed by atoms with Crippen molar-refractivity contribution in [2.24, 2.45) is 0 Å². The molecular formula is C17H29N5O. The van der Waals surface area contributed by atoms with E-state index in [4.69, 9.17) is 0 Å². The first-order valence-corrected chi connectivity index (χ1v) is 8.39. The van der Waals surface area contributed by atoms with Crippen LogP contribution in [0.4, 0.5) is 5.82 Å². The normalized spacial score (nSPS) is 17.7. The van der Waals surface area contributed by atoms with Gasteiger partial charge in [-0.15, -0.1) is 0 Å². The van der Waals surface area contributed by atoms with Crippen LogP contribution in [0.25, 0.3) is 0 Å². The predicted molar refractivity (Wildman–Crippen MR) is 94.0 cm³/mol. The largest absolute Gasteiger partial charge is 0.363 e. The van der Waals surface area contributed by atoms with E-state index >= 15 is 0 Å². The Morgan fingerprint density at radius 2 is 2.00 bits per heavy atom. The van der Waals surface area contributed by atoms with Crippen LogP contribution in [0.1, 0.15) is 24.2 Å². The molecule has 1 amide bonds. The van der Waals surface area contributed by atoms with Crippen LogP contribution in [0.3, 0.4) is 0 Å². The molecule has 6 heteroatoms. The number of nitrogens with zero attached hydrogens (tertiary/aromatic N) is 4. The summed E-state index contributed by atoms with van der Waals surface area (Å²) in [5, 5.41) is 3.02. The molecule has 128 valence electrons. The maximum Gasteiger partial charge on any atom is 0.252 e. The number of anilines is 1. The summed E-state index contributed by atoms with van der Waals surface area (Å²) in [6.07, 6.45) is 1.63. The number of pyridine rings is 1. The van der Waals surface area contributed by atoms with Crippen molar-refractivity contribution in [1.82, 2.24) is 20.1 Å². The zero-order chi connectivity index (χ0) is 16.8. The fourth-order valence-corrected chi connectivity index (χ4v) is 2.78. The second-order valence-electron chi connectivity index (χ2n) is 6.33. The molecule has 1 aromatic rings. The van der Waals surface area contributed by atoms with Gasteiger partial charge in [0, 0.05) is 59.1 Å². The SMILES string of the molecule is CCN1CCN(C(C)CNC(=O)c2ccc(N(C)C)nc2)CC1. The van der Waals surface area contributed by atoms with E-state index in [2.05, 4.69) is 33.9 Å². The minimum Gasteiger partial charge on any atom is -0.363 e. The number of likely N-dealkylation sites (N-methyl/N-ethyl adjacent to an activating group) is 1. The van der Waals surface area contributed by atoms with Crippen LogP contribution in [0.5, 0.6) is 0 Å². The van der Waals surface area contributed by atoms with Gasteiger partial charge in [0.2, 0.25) is 0 Å². The van der Waals surface area contributed by atoms with E-state index < -0.39 is 0 Å². The van der Waals surface area contributed by atoms with Gasteiger partial charge in [-0.2, -0.15) is 0 Å². The third-order valence-corrected chi connectivity index (χ3v) is 4.50. The van der Waals surface area contributed by atoms with Crippen LogP contribution in [-0.4, -0.2) is 80.1 Å². The number of hydrogen-bond acceptors (Lipinski definition) is 5.